The van der Waals surface area contributed by atoms with Crippen molar-refractivity contribution >= 4 is 39.2 Å². The van der Waals surface area contributed by atoms with Gasteiger partial charge < -0.3 is 50.2 Å². The molecule has 408 valence electrons. The van der Waals surface area contributed by atoms with E-state index in [4.69, 9.17) is 29.0 Å². The SMILES string of the molecule is CCCCC[C@H](O)/C=C/[C@@H]1[C@H](O)[C@H](O)[C@H]2COP(=O)(O)OP(=O)(O)OC[C@H](OC(=O)CCCCCCCCCCCCC(C)C)COC(=O)CCCCCC[C@@H](C(=O)C[C@H]1O)[C@H](n1ccc(N)nc1=O)O2. The van der Waals surface area contributed by atoms with Crippen LogP contribution in [0.25, 0.3) is 0 Å². The van der Waals surface area contributed by atoms with Gasteiger partial charge in [-0.3, -0.25) is 28.0 Å². The molecule has 2 aliphatic rings. The summed E-state index contributed by atoms with van der Waals surface area (Å²) < 4.78 is 59.0. The second-order valence-electron chi connectivity index (χ2n) is 19.3. The molecule has 3 heterocycles. The van der Waals surface area contributed by atoms with Crippen LogP contribution >= 0.6 is 15.6 Å². The van der Waals surface area contributed by atoms with Gasteiger partial charge in [0.05, 0.1) is 37.4 Å². The molecule has 0 spiro atoms. The number of nitrogens with zero attached hydrogens (tertiary/aromatic N) is 2. The molecule has 2 fully saturated rings. The molecule has 0 amide bonds. The van der Waals surface area contributed by atoms with Crippen molar-refractivity contribution in [2.75, 3.05) is 25.6 Å². The van der Waals surface area contributed by atoms with Crippen LogP contribution in [0.4, 0.5) is 5.82 Å². The highest BCUT2D eigenvalue weighted by atomic mass is 31.3. The van der Waals surface area contributed by atoms with Gasteiger partial charge in [-0.15, -0.1) is 0 Å². The average Bonchev–Trinajstić information content (AvgIpc) is 3.29. The van der Waals surface area contributed by atoms with Crippen LogP contribution in [0.5, 0.6) is 0 Å². The van der Waals surface area contributed by atoms with Crippen LogP contribution in [0.1, 0.15) is 175 Å². The number of aliphatic hydroxyl groups is 4. The molecule has 0 aromatic carbocycles. The van der Waals surface area contributed by atoms with E-state index >= 15 is 0 Å². The number of carbonyl (C=O) groups is 3. The molecule has 23 heteroatoms. The van der Waals surface area contributed by atoms with Gasteiger partial charge in [0.15, 0.2) is 6.10 Å². The van der Waals surface area contributed by atoms with Crippen LogP contribution < -0.4 is 11.4 Å². The number of ketones is 1. The first kappa shape index (κ1) is 62.4. The highest BCUT2D eigenvalue weighted by Crippen LogP contribution is 2.60. The van der Waals surface area contributed by atoms with Crippen molar-refractivity contribution in [1.29, 1.82) is 0 Å². The van der Waals surface area contributed by atoms with Crippen LogP contribution in [-0.2, 0) is 51.1 Å². The lowest BCUT2D eigenvalue weighted by Gasteiger charge is -2.38. The molecule has 1 aromatic heterocycles. The first-order chi connectivity index (χ1) is 33.7. The minimum absolute atomic E-state index is 0.00117. The number of unbranched alkanes of at least 4 members (excludes halogenated alkanes) is 11. The van der Waals surface area contributed by atoms with Gasteiger partial charge in [0.1, 0.15) is 36.6 Å². The number of hydrogen-bond donors (Lipinski definition) is 7. The monoisotopic (exact) mass is 1050 g/mol. The summed E-state index contributed by atoms with van der Waals surface area (Å²) >= 11 is 0. The van der Waals surface area contributed by atoms with Gasteiger partial charge in [0.2, 0.25) is 0 Å². The highest BCUT2D eigenvalue weighted by Gasteiger charge is 2.45. The zero-order valence-electron chi connectivity index (χ0n) is 41.9. The van der Waals surface area contributed by atoms with E-state index < -0.39 is 120 Å². The number of nitrogens with two attached hydrogens (primary N) is 1. The van der Waals surface area contributed by atoms with E-state index in [9.17, 15) is 58.5 Å². The predicted octanol–water partition coefficient (Wildman–Crippen LogP) is 6.89. The summed E-state index contributed by atoms with van der Waals surface area (Å²) in [5.74, 6) is -4.20. The quantitative estimate of drug-likeness (QED) is 0.0285. The van der Waals surface area contributed by atoms with Crippen LogP contribution in [0.2, 0.25) is 0 Å². The summed E-state index contributed by atoms with van der Waals surface area (Å²) in [6, 6.07) is 1.23. The molecule has 21 nitrogen and oxygen atoms in total. The zero-order chi connectivity index (χ0) is 52.4. The number of carbonyl (C=O) groups excluding carboxylic acids is 3. The molecule has 3 rings (SSSR count). The number of nitrogen functional groups attached to an aromatic ring is 1. The Morgan fingerprint density at radius 3 is 2.13 bits per heavy atom. The van der Waals surface area contributed by atoms with Crippen molar-refractivity contribution in [2.24, 2.45) is 17.8 Å². The summed E-state index contributed by atoms with van der Waals surface area (Å²) in [6.45, 7) is 3.74. The fraction of sp³-hybridized carbons (Fsp3) is 0.812. The maximum absolute atomic E-state index is 14.3. The van der Waals surface area contributed by atoms with Crippen LogP contribution in [0.3, 0.4) is 0 Å². The number of anilines is 1. The number of hydrogen-bond acceptors (Lipinski definition) is 18. The van der Waals surface area contributed by atoms with Crippen LogP contribution in [-0.4, -0.2) is 114 Å². The number of aromatic nitrogens is 2. The van der Waals surface area contributed by atoms with Crippen molar-refractivity contribution in [2.45, 2.75) is 211 Å². The molecule has 2 bridgehead atoms. The molecule has 2 saturated heterocycles. The van der Waals surface area contributed by atoms with E-state index in [0.717, 1.165) is 55.4 Å². The van der Waals surface area contributed by atoms with Gasteiger partial charge in [-0.05, 0) is 37.7 Å². The van der Waals surface area contributed by atoms with Crippen molar-refractivity contribution in [1.82, 2.24) is 9.55 Å². The van der Waals surface area contributed by atoms with Gasteiger partial charge in [-0.25, -0.2) is 13.9 Å². The summed E-state index contributed by atoms with van der Waals surface area (Å²) in [7, 11) is -11.3. The lowest BCUT2D eigenvalue weighted by molar-refractivity contribution is -0.184. The number of ether oxygens (including phenoxy) is 3. The number of phosphoric acid groups is 2. The average molecular weight is 1050 g/mol. The molecule has 2 unspecified atom stereocenters. The smallest absolute Gasteiger partial charge is 0.462 e. The van der Waals surface area contributed by atoms with Crippen LogP contribution in [0, 0.1) is 17.8 Å². The first-order valence-corrected chi connectivity index (χ1v) is 28.7. The zero-order valence-corrected chi connectivity index (χ0v) is 43.7. The van der Waals surface area contributed by atoms with Gasteiger partial charge in [-0.2, -0.15) is 9.29 Å². The molecule has 1 aromatic rings. The Labute approximate surface area is 418 Å². The van der Waals surface area contributed by atoms with Crippen molar-refractivity contribution in [3.63, 3.8) is 0 Å². The van der Waals surface area contributed by atoms with E-state index in [1.807, 2.05) is 6.92 Å². The fourth-order valence-electron chi connectivity index (χ4n) is 8.57. The summed E-state index contributed by atoms with van der Waals surface area (Å²) in [4.78, 5) is 78.4. The predicted molar refractivity (Wildman–Crippen MR) is 262 cm³/mol. The van der Waals surface area contributed by atoms with Crippen LogP contribution in [0.15, 0.2) is 29.2 Å². The lowest BCUT2D eigenvalue weighted by Crippen LogP contribution is -2.51. The number of fused-ring (bicyclic) bond motifs is 3. The molecular formula is C48H83N3O18P2. The summed E-state index contributed by atoms with van der Waals surface area (Å²) in [5, 5.41) is 45.5. The number of rotatable bonds is 21. The Morgan fingerprint density at radius 1 is 0.859 bits per heavy atom. The molecular weight excluding hydrogens is 968 g/mol. The molecule has 0 saturated carbocycles. The summed E-state index contributed by atoms with van der Waals surface area (Å²) in [5.41, 5.74) is 4.75. The first-order valence-electron chi connectivity index (χ1n) is 25.7. The molecule has 0 aliphatic carbocycles. The number of Topliss-reactive ketones (excluding diaryl/α,β-unsaturated/α-hetero) is 1. The van der Waals surface area contributed by atoms with Crippen molar-refractivity contribution < 1.29 is 81.3 Å². The van der Waals surface area contributed by atoms with E-state index in [2.05, 4.69) is 23.1 Å². The Morgan fingerprint density at radius 2 is 1.48 bits per heavy atom. The number of esters is 2. The van der Waals surface area contributed by atoms with Gasteiger partial charge in [0.25, 0.3) is 0 Å². The van der Waals surface area contributed by atoms with E-state index in [1.54, 1.807) is 0 Å². The molecule has 8 N–H and O–H groups in total. The molecule has 11 atom stereocenters. The third-order valence-electron chi connectivity index (χ3n) is 12.7. The Bertz CT molecular complexity index is 1920. The van der Waals surface area contributed by atoms with E-state index in [1.165, 1.54) is 56.5 Å². The van der Waals surface area contributed by atoms with Gasteiger partial charge in [0, 0.05) is 31.4 Å². The number of aliphatic hydroxyl groups excluding tert-OH is 4. The van der Waals surface area contributed by atoms with E-state index in [0.29, 0.717) is 44.9 Å². The maximum Gasteiger partial charge on any atom is 0.481 e. The standard InChI is InChI=1S/C48H83N3O18P2/c1-4-5-16-22-35(52)26-27-37-39(53)30-40(54)38-23-18-14-15-19-24-43(55)64-31-36(67-44(56)25-20-13-11-9-7-6-8-10-12-17-21-34(2)3)32-65-70(60,61)69-71(62,63)66-33-41(46(58)45(37)57)68-47(38)51-29-28-42(49)50-48(51)59/h26-29,34-39,41,45-47,52-53,57-58H,4-25,30-33H2,1-3H3,(H,60,61)(H,62,63)(H2,49,50,59)/b27-26+/t35-,36+,37-,38-,39+,41+,45-,46+,47+/m0/s1. The van der Waals surface area contributed by atoms with Crippen molar-refractivity contribution in [3.8, 4) is 0 Å². The van der Waals surface area contributed by atoms with E-state index in [-0.39, 0.29) is 25.1 Å². The third-order valence-corrected chi connectivity index (χ3v) is 15.3. The number of phosphoric ester groups is 2. The topological polar surface area (TPSA) is 323 Å². The lowest BCUT2D eigenvalue weighted by atomic mass is 9.83. The minimum Gasteiger partial charge on any atom is -0.462 e. The Balaban J connectivity index is 1.83. The highest BCUT2D eigenvalue weighted by molar-refractivity contribution is 7.61. The molecule has 71 heavy (non-hydrogen) atoms. The fourth-order valence-corrected chi connectivity index (χ4v) is 10.7. The molecule has 2 aliphatic heterocycles. The minimum atomic E-state index is -5.71. The Kier molecular flexibility index (Phi) is 29.1. The number of cyclic esters (lactones) is 1. The maximum atomic E-state index is 14.3. The largest absolute Gasteiger partial charge is 0.481 e. The Hall–Kier alpha value is -2.91. The normalized spacial score (nSPS) is 29.9. The molecule has 0 radical (unpaired) electrons. The second kappa shape index (κ2) is 33.1. The van der Waals surface area contributed by atoms with Gasteiger partial charge in [-0.1, -0.05) is 136 Å². The third kappa shape index (κ3) is 24.8. The second-order valence-corrected chi connectivity index (χ2v) is 22.3. The summed E-state index contributed by atoms with van der Waals surface area (Å²) in [6.07, 6.45) is 7.11. The van der Waals surface area contributed by atoms with Gasteiger partial charge >= 0.3 is 33.3 Å². The van der Waals surface area contributed by atoms with Crippen molar-refractivity contribution in [3.05, 3.63) is 34.9 Å².